The lowest BCUT2D eigenvalue weighted by Crippen LogP contribution is -2.19. The predicted octanol–water partition coefficient (Wildman–Crippen LogP) is 1.89. The summed E-state index contributed by atoms with van der Waals surface area (Å²) in [7, 11) is 0. The van der Waals surface area contributed by atoms with Gasteiger partial charge in [-0.25, -0.2) is 0 Å². The summed E-state index contributed by atoms with van der Waals surface area (Å²) in [6.07, 6.45) is 2.77. The van der Waals surface area contributed by atoms with Gasteiger partial charge in [0.05, 0.1) is 12.4 Å². The van der Waals surface area contributed by atoms with Gasteiger partial charge in [0.1, 0.15) is 5.75 Å². The van der Waals surface area contributed by atoms with Gasteiger partial charge >= 0.3 is 0 Å². The van der Waals surface area contributed by atoms with Crippen LogP contribution in [-0.2, 0) is 12.8 Å². The zero-order chi connectivity index (χ0) is 11.4. The molecular weight excluding hydrogens is 200 g/mol. The predicted molar refractivity (Wildman–Crippen MR) is 66.1 cm³/mol. The number of hydrogen-bond acceptors (Lipinski definition) is 3. The molecule has 2 rings (SSSR count). The van der Waals surface area contributed by atoms with E-state index in [1.807, 2.05) is 6.07 Å². The molecule has 16 heavy (non-hydrogen) atoms. The Labute approximate surface area is 96.2 Å². The van der Waals surface area contributed by atoms with E-state index in [9.17, 15) is 5.11 Å². The third kappa shape index (κ3) is 2.35. The Kier molecular flexibility index (Phi) is 3.44. The van der Waals surface area contributed by atoms with Crippen molar-refractivity contribution in [3.05, 3.63) is 29.3 Å². The van der Waals surface area contributed by atoms with Gasteiger partial charge in [0.25, 0.3) is 0 Å². The van der Waals surface area contributed by atoms with Crippen LogP contribution in [0.5, 0.6) is 5.75 Å². The number of amidine groups is 1. The number of phenols is 1. The first-order valence-electron chi connectivity index (χ1n) is 5.88. The second-order valence-electron chi connectivity index (χ2n) is 4.02. The topological polar surface area (TPSA) is 44.6 Å². The van der Waals surface area contributed by atoms with Crippen molar-refractivity contribution in [3.63, 3.8) is 0 Å². The Hall–Kier alpha value is -1.51. The average molecular weight is 218 g/mol. The van der Waals surface area contributed by atoms with E-state index >= 15 is 0 Å². The van der Waals surface area contributed by atoms with Gasteiger partial charge < -0.3 is 10.4 Å². The van der Waals surface area contributed by atoms with Crippen LogP contribution in [0.4, 0.5) is 0 Å². The number of nitrogens with zero attached hydrogens (tertiary/aromatic N) is 1. The number of aryl methyl sites for hydroxylation is 1. The fourth-order valence-electron chi connectivity index (χ4n) is 2.13. The van der Waals surface area contributed by atoms with Crippen LogP contribution in [0.1, 0.15) is 24.5 Å². The first-order chi connectivity index (χ1) is 7.81. The molecule has 0 saturated heterocycles. The van der Waals surface area contributed by atoms with E-state index in [4.69, 9.17) is 0 Å². The Morgan fingerprint density at radius 2 is 2.25 bits per heavy atom. The maximum absolute atomic E-state index is 9.74. The van der Waals surface area contributed by atoms with Gasteiger partial charge in [-0.15, -0.1) is 0 Å². The Morgan fingerprint density at radius 1 is 1.38 bits per heavy atom. The van der Waals surface area contributed by atoms with Gasteiger partial charge in [-0.05, 0) is 30.0 Å². The van der Waals surface area contributed by atoms with Crippen LogP contribution in [0.25, 0.3) is 0 Å². The van der Waals surface area contributed by atoms with Gasteiger partial charge in [0, 0.05) is 13.0 Å². The third-order valence-electron chi connectivity index (χ3n) is 2.98. The summed E-state index contributed by atoms with van der Waals surface area (Å²) in [6, 6.07) is 5.76. The smallest absolute Gasteiger partial charge is 0.119 e. The fourth-order valence-corrected chi connectivity index (χ4v) is 2.13. The third-order valence-corrected chi connectivity index (χ3v) is 2.98. The van der Waals surface area contributed by atoms with Crippen molar-refractivity contribution in [1.82, 2.24) is 5.32 Å². The normalized spacial score (nSPS) is 14.7. The molecule has 0 aliphatic carbocycles. The molecule has 0 radical (unpaired) electrons. The monoisotopic (exact) mass is 218 g/mol. The molecule has 0 unspecified atom stereocenters. The minimum absolute atomic E-state index is 0.418. The number of benzene rings is 1. The molecule has 1 aliphatic heterocycles. The van der Waals surface area contributed by atoms with Crippen molar-refractivity contribution in [2.75, 3.05) is 13.1 Å². The Morgan fingerprint density at radius 3 is 2.94 bits per heavy atom. The van der Waals surface area contributed by atoms with Crippen molar-refractivity contribution >= 4 is 5.84 Å². The molecule has 0 saturated carbocycles. The number of rotatable bonds is 4. The second kappa shape index (κ2) is 5.01. The van der Waals surface area contributed by atoms with E-state index < -0.39 is 0 Å². The summed E-state index contributed by atoms with van der Waals surface area (Å²) in [5.41, 5.74) is 2.31. The van der Waals surface area contributed by atoms with Gasteiger partial charge in [0.15, 0.2) is 0 Å². The highest BCUT2D eigenvalue weighted by molar-refractivity contribution is 5.83. The molecule has 0 aromatic heterocycles. The van der Waals surface area contributed by atoms with Crippen LogP contribution < -0.4 is 5.32 Å². The summed E-state index contributed by atoms with van der Waals surface area (Å²) in [4.78, 5) is 4.37. The Bertz CT molecular complexity index is 399. The van der Waals surface area contributed by atoms with E-state index in [-0.39, 0.29) is 0 Å². The maximum Gasteiger partial charge on any atom is 0.119 e. The van der Waals surface area contributed by atoms with Crippen molar-refractivity contribution in [2.24, 2.45) is 4.99 Å². The molecule has 1 aromatic rings. The number of hydrogen-bond donors (Lipinski definition) is 2. The number of nitrogens with one attached hydrogen (secondary N) is 1. The van der Waals surface area contributed by atoms with Gasteiger partial charge in [-0.3, -0.25) is 4.99 Å². The summed E-state index contributed by atoms with van der Waals surface area (Å²) >= 11 is 0. The fraction of sp³-hybridized carbons (Fsp3) is 0.462. The first-order valence-corrected chi connectivity index (χ1v) is 5.88. The second-order valence-corrected chi connectivity index (χ2v) is 4.02. The summed E-state index contributed by atoms with van der Waals surface area (Å²) in [5, 5.41) is 13.0. The Balaban J connectivity index is 2.05. The molecule has 0 bridgehead atoms. The molecule has 0 amide bonds. The highest BCUT2D eigenvalue weighted by Gasteiger charge is 2.09. The number of phenolic OH excluding ortho intramolecular Hbond substituents is 1. The SMILES string of the molecule is CCc1c(O)cccc1CCC1=NCCN1. The van der Waals surface area contributed by atoms with Crippen molar-refractivity contribution < 1.29 is 5.11 Å². The van der Waals surface area contributed by atoms with Crippen LogP contribution >= 0.6 is 0 Å². The van der Waals surface area contributed by atoms with Crippen molar-refractivity contribution in [3.8, 4) is 5.75 Å². The van der Waals surface area contributed by atoms with Crippen molar-refractivity contribution in [2.45, 2.75) is 26.2 Å². The molecule has 3 heteroatoms. The van der Waals surface area contributed by atoms with Gasteiger partial charge in [-0.1, -0.05) is 19.1 Å². The molecule has 1 aliphatic rings. The molecule has 0 atom stereocenters. The molecule has 0 fully saturated rings. The lowest BCUT2D eigenvalue weighted by atomic mass is 10.00. The molecule has 2 N–H and O–H groups in total. The van der Waals surface area contributed by atoms with Crippen LogP contribution in [0.3, 0.4) is 0 Å². The van der Waals surface area contributed by atoms with E-state index in [0.29, 0.717) is 5.75 Å². The summed E-state index contributed by atoms with van der Waals surface area (Å²) in [5.74, 6) is 1.52. The van der Waals surface area contributed by atoms with Crippen molar-refractivity contribution in [1.29, 1.82) is 0 Å². The largest absolute Gasteiger partial charge is 0.508 e. The maximum atomic E-state index is 9.74. The molecule has 0 spiro atoms. The number of aromatic hydroxyl groups is 1. The molecule has 3 nitrogen and oxygen atoms in total. The number of aliphatic imine (C=N–C) groups is 1. The zero-order valence-electron chi connectivity index (χ0n) is 9.66. The average Bonchev–Trinajstić information content (AvgIpc) is 2.79. The molecule has 1 heterocycles. The van der Waals surface area contributed by atoms with E-state index in [0.717, 1.165) is 43.8 Å². The van der Waals surface area contributed by atoms with Crippen LogP contribution in [0, 0.1) is 0 Å². The quantitative estimate of drug-likeness (QED) is 0.810. The van der Waals surface area contributed by atoms with E-state index in [1.54, 1.807) is 6.07 Å². The minimum Gasteiger partial charge on any atom is -0.508 e. The molecule has 86 valence electrons. The van der Waals surface area contributed by atoms with Gasteiger partial charge in [0.2, 0.25) is 0 Å². The van der Waals surface area contributed by atoms with Gasteiger partial charge in [-0.2, -0.15) is 0 Å². The van der Waals surface area contributed by atoms with E-state index in [2.05, 4.69) is 23.3 Å². The molecule has 1 aromatic carbocycles. The molecular formula is C13H18N2O. The van der Waals surface area contributed by atoms with E-state index in [1.165, 1.54) is 5.56 Å². The highest BCUT2D eigenvalue weighted by atomic mass is 16.3. The highest BCUT2D eigenvalue weighted by Crippen LogP contribution is 2.22. The standard InChI is InChI=1S/C13H18N2O/c1-2-11-10(4-3-5-12(11)16)6-7-13-14-8-9-15-13/h3-5,16H,2,6-9H2,1H3,(H,14,15). The first kappa shape index (κ1) is 11.0. The lowest BCUT2D eigenvalue weighted by Gasteiger charge is -2.09. The summed E-state index contributed by atoms with van der Waals surface area (Å²) < 4.78 is 0. The van der Waals surface area contributed by atoms with Crippen LogP contribution in [0.15, 0.2) is 23.2 Å². The minimum atomic E-state index is 0.418. The zero-order valence-corrected chi connectivity index (χ0v) is 9.66. The van der Waals surface area contributed by atoms with Crippen LogP contribution in [-0.4, -0.2) is 24.0 Å². The summed E-state index contributed by atoms with van der Waals surface area (Å²) in [6.45, 7) is 3.94. The van der Waals surface area contributed by atoms with Crippen LogP contribution in [0.2, 0.25) is 0 Å². The lowest BCUT2D eigenvalue weighted by molar-refractivity contribution is 0.467.